The topological polar surface area (TPSA) is 64.3 Å². The summed E-state index contributed by atoms with van der Waals surface area (Å²) < 4.78 is 20.7. The smallest absolute Gasteiger partial charge is 0.254 e. The lowest BCUT2D eigenvalue weighted by Crippen LogP contribution is -2.16. The van der Waals surface area contributed by atoms with Crippen LogP contribution in [0.3, 0.4) is 0 Å². The van der Waals surface area contributed by atoms with Crippen molar-refractivity contribution in [1.29, 1.82) is 0 Å². The van der Waals surface area contributed by atoms with E-state index in [2.05, 4.69) is 20.4 Å². The molecule has 0 aliphatic rings. The molecule has 0 saturated heterocycles. The number of nitrogens with one attached hydrogen (secondary N) is 1. The number of anilines is 1. The highest BCUT2D eigenvalue weighted by atomic mass is 19.1. The van der Waals surface area contributed by atoms with Crippen molar-refractivity contribution in [2.45, 2.75) is 12.6 Å². The zero-order chi connectivity index (χ0) is 18.6. The Bertz CT molecular complexity index is 1050. The lowest BCUT2D eigenvalue weighted by atomic mass is 9.98. The van der Waals surface area contributed by atoms with Gasteiger partial charge in [-0.2, -0.15) is 14.6 Å². The van der Waals surface area contributed by atoms with Crippen molar-refractivity contribution < 1.29 is 9.13 Å². The molecule has 136 valence electrons. The van der Waals surface area contributed by atoms with Crippen LogP contribution in [0.25, 0.3) is 5.78 Å². The third-order valence-corrected chi connectivity index (χ3v) is 4.20. The minimum atomic E-state index is -0.282. The van der Waals surface area contributed by atoms with Crippen LogP contribution in [-0.4, -0.2) is 26.7 Å². The molecule has 4 rings (SSSR count). The number of methoxy groups -OCH3 is 1. The number of rotatable bonds is 6. The van der Waals surface area contributed by atoms with Crippen molar-refractivity contribution in [3.05, 3.63) is 89.6 Å². The first-order valence-electron chi connectivity index (χ1n) is 8.50. The average Bonchev–Trinajstić information content (AvgIpc) is 3.16. The summed E-state index contributed by atoms with van der Waals surface area (Å²) in [5.74, 6) is 0.886. The monoisotopic (exact) mass is 363 g/mol. The van der Waals surface area contributed by atoms with Gasteiger partial charge in [-0.15, -0.1) is 0 Å². The lowest BCUT2D eigenvalue weighted by Gasteiger charge is -2.21. The van der Waals surface area contributed by atoms with Crippen LogP contribution in [0.5, 0.6) is 0 Å². The van der Waals surface area contributed by atoms with Gasteiger partial charge in [0.05, 0.1) is 18.3 Å². The van der Waals surface area contributed by atoms with Gasteiger partial charge in [0.1, 0.15) is 18.0 Å². The van der Waals surface area contributed by atoms with E-state index >= 15 is 0 Å². The molecule has 2 heterocycles. The molecule has 7 heteroatoms. The molecule has 0 radical (unpaired) electrons. The van der Waals surface area contributed by atoms with Crippen LogP contribution in [0.1, 0.15) is 22.9 Å². The van der Waals surface area contributed by atoms with Gasteiger partial charge in [0.2, 0.25) is 0 Å². The van der Waals surface area contributed by atoms with E-state index in [4.69, 9.17) is 4.74 Å². The van der Waals surface area contributed by atoms with Gasteiger partial charge in [-0.25, -0.2) is 9.37 Å². The third-order valence-electron chi connectivity index (χ3n) is 4.20. The molecule has 0 aliphatic heterocycles. The van der Waals surface area contributed by atoms with Crippen molar-refractivity contribution >= 4 is 11.6 Å². The van der Waals surface area contributed by atoms with E-state index in [1.807, 2.05) is 42.5 Å². The van der Waals surface area contributed by atoms with Crippen LogP contribution in [0, 0.1) is 5.82 Å². The molecule has 4 aromatic rings. The largest absolute Gasteiger partial charge is 0.378 e. The first-order chi connectivity index (χ1) is 13.2. The quantitative estimate of drug-likeness (QED) is 0.567. The number of hydrogen-bond acceptors (Lipinski definition) is 5. The molecule has 6 nitrogen and oxygen atoms in total. The fourth-order valence-corrected chi connectivity index (χ4v) is 3.02. The van der Waals surface area contributed by atoms with E-state index in [9.17, 15) is 4.39 Å². The minimum absolute atomic E-state index is 0.271. The van der Waals surface area contributed by atoms with Gasteiger partial charge in [-0.1, -0.05) is 42.5 Å². The van der Waals surface area contributed by atoms with Gasteiger partial charge in [-0.05, 0) is 23.3 Å². The second-order valence-electron chi connectivity index (χ2n) is 6.08. The van der Waals surface area contributed by atoms with Crippen molar-refractivity contribution in [2.75, 3.05) is 12.4 Å². The fraction of sp³-hybridized carbons (Fsp3) is 0.150. The summed E-state index contributed by atoms with van der Waals surface area (Å²) in [4.78, 5) is 8.59. The van der Waals surface area contributed by atoms with Crippen LogP contribution >= 0.6 is 0 Å². The van der Waals surface area contributed by atoms with Gasteiger partial charge in [-0.3, -0.25) is 0 Å². The van der Waals surface area contributed by atoms with Crippen molar-refractivity contribution in [3.63, 3.8) is 0 Å². The summed E-state index contributed by atoms with van der Waals surface area (Å²) in [6, 6.07) is 18.0. The number of nitrogens with zero attached hydrogens (tertiary/aromatic N) is 4. The molecule has 0 bridgehead atoms. The van der Waals surface area contributed by atoms with E-state index in [0.717, 1.165) is 16.8 Å². The van der Waals surface area contributed by atoms with Crippen LogP contribution in [0.2, 0.25) is 0 Å². The highest BCUT2D eigenvalue weighted by Crippen LogP contribution is 2.27. The van der Waals surface area contributed by atoms with Gasteiger partial charge in [0.25, 0.3) is 5.78 Å². The van der Waals surface area contributed by atoms with Crippen LogP contribution in [0.15, 0.2) is 67.0 Å². The Hall–Kier alpha value is -3.32. The van der Waals surface area contributed by atoms with Crippen LogP contribution in [-0.2, 0) is 11.3 Å². The Morgan fingerprint density at radius 2 is 1.89 bits per heavy atom. The third kappa shape index (κ3) is 3.63. The molecule has 27 heavy (non-hydrogen) atoms. The number of halogens is 1. The molecule has 0 aliphatic carbocycles. The molecule has 0 amide bonds. The molecule has 1 atom stereocenters. The zero-order valence-electron chi connectivity index (χ0n) is 14.7. The molecule has 1 N–H and O–H groups in total. The summed E-state index contributed by atoms with van der Waals surface area (Å²) in [5, 5.41) is 7.71. The Balaban J connectivity index is 1.80. The molecule has 0 saturated carbocycles. The molecular formula is C20H18FN5O. The van der Waals surface area contributed by atoms with E-state index < -0.39 is 0 Å². The minimum Gasteiger partial charge on any atom is -0.378 e. The molecule has 0 spiro atoms. The number of ether oxygens (including phenoxy) is 1. The van der Waals surface area contributed by atoms with Gasteiger partial charge in [0, 0.05) is 13.2 Å². The number of benzene rings is 2. The first kappa shape index (κ1) is 17.1. The molecule has 0 fully saturated rings. The second-order valence-corrected chi connectivity index (χ2v) is 6.08. The fourth-order valence-electron chi connectivity index (χ4n) is 3.02. The molecule has 2 aromatic carbocycles. The maximum atomic E-state index is 13.9. The Labute approximate surface area is 155 Å². The normalized spacial score (nSPS) is 12.2. The molecule has 2 aromatic heterocycles. The molecular weight excluding hydrogens is 345 g/mol. The Kier molecular flexibility index (Phi) is 4.76. The van der Waals surface area contributed by atoms with E-state index in [-0.39, 0.29) is 11.9 Å². The lowest BCUT2D eigenvalue weighted by molar-refractivity contribution is 0.181. The Morgan fingerprint density at radius 1 is 1.07 bits per heavy atom. The Morgan fingerprint density at radius 3 is 2.67 bits per heavy atom. The summed E-state index contributed by atoms with van der Waals surface area (Å²) in [5.41, 5.74) is 2.53. The summed E-state index contributed by atoms with van der Waals surface area (Å²) in [7, 11) is 1.61. The van der Waals surface area contributed by atoms with Crippen molar-refractivity contribution in [1.82, 2.24) is 19.6 Å². The van der Waals surface area contributed by atoms with Crippen LogP contribution in [0.4, 0.5) is 10.2 Å². The van der Waals surface area contributed by atoms with Gasteiger partial charge < -0.3 is 10.1 Å². The van der Waals surface area contributed by atoms with Crippen molar-refractivity contribution in [2.24, 2.45) is 0 Å². The van der Waals surface area contributed by atoms with Gasteiger partial charge in [0.15, 0.2) is 0 Å². The zero-order valence-corrected chi connectivity index (χ0v) is 14.7. The highest BCUT2D eigenvalue weighted by Gasteiger charge is 2.17. The SMILES string of the molecule is COCc1cc(NC(c2ccccc2)c2cccc(F)c2)n2ncnc2n1. The summed E-state index contributed by atoms with van der Waals surface area (Å²) >= 11 is 0. The number of hydrogen-bond donors (Lipinski definition) is 1. The van der Waals surface area contributed by atoms with Crippen LogP contribution < -0.4 is 5.32 Å². The van der Waals surface area contributed by atoms with E-state index in [1.165, 1.54) is 18.5 Å². The standard InChI is InChI=1S/C20H18FN5O/c1-27-12-17-11-18(26-20(24-17)22-13-23-26)25-19(14-6-3-2-4-7-14)15-8-5-9-16(21)10-15/h2-11,13,19,25H,12H2,1H3. The highest BCUT2D eigenvalue weighted by molar-refractivity contribution is 5.49. The maximum absolute atomic E-state index is 13.9. The molecule has 1 unspecified atom stereocenters. The number of fused-ring (bicyclic) bond motifs is 1. The average molecular weight is 363 g/mol. The summed E-state index contributed by atoms with van der Waals surface area (Å²) in [6.45, 7) is 0.355. The summed E-state index contributed by atoms with van der Waals surface area (Å²) in [6.07, 6.45) is 1.45. The van der Waals surface area contributed by atoms with Crippen molar-refractivity contribution in [3.8, 4) is 0 Å². The van der Waals surface area contributed by atoms with E-state index in [0.29, 0.717) is 18.2 Å². The van der Waals surface area contributed by atoms with Gasteiger partial charge >= 0.3 is 0 Å². The predicted octanol–water partition coefficient (Wildman–Crippen LogP) is 3.61. The predicted molar refractivity (Wildman–Crippen MR) is 99.8 cm³/mol. The second kappa shape index (κ2) is 7.51. The number of aromatic nitrogens is 4. The van der Waals surface area contributed by atoms with E-state index in [1.54, 1.807) is 17.7 Å². The first-order valence-corrected chi connectivity index (χ1v) is 8.50. The maximum Gasteiger partial charge on any atom is 0.254 e.